The molecule has 1 aliphatic heterocycles. The first-order chi connectivity index (χ1) is 17.9. The lowest BCUT2D eigenvalue weighted by Gasteiger charge is -2.23. The molecule has 4 aromatic rings. The van der Waals surface area contributed by atoms with Crippen molar-refractivity contribution in [3.05, 3.63) is 89.2 Å². The average molecular weight is 519 g/mol. The van der Waals surface area contributed by atoms with Gasteiger partial charge in [-0.2, -0.15) is 0 Å². The van der Waals surface area contributed by atoms with Crippen LogP contribution in [-0.4, -0.2) is 41.6 Å². The maximum Gasteiger partial charge on any atom is 0.308 e. The number of hydrogen-bond acceptors (Lipinski definition) is 6. The summed E-state index contributed by atoms with van der Waals surface area (Å²) in [5, 5.41) is 10.0. The van der Waals surface area contributed by atoms with Crippen LogP contribution >= 0.6 is 11.3 Å². The second-order valence-corrected chi connectivity index (χ2v) is 10.2. The van der Waals surface area contributed by atoms with Crippen LogP contribution in [0.1, 0.15) is 27.9 Å². The van der Waals surface area contributed by atoms with Crippen molar-refractivity contribution in [2.75, 3.05) is 29.4 Å². The van der Waals surface area contributed by atoms with Crippen molar-refractivity contribution in [2.45, 2.75) is 19.4 Å². The number of fused-ring (bicyclic) bond motifs is 1. The molecular formula is C28H27FN4O3S. The SMILES string of the molecule is NC(=O)c1ccc(CCN(Cc2ccc(N3CC[C@H](C(=O)O)C3)cc2)c2nc3cccc(F)c3s2)cc1. The van der Waals surface area contributed by atoms with Crippen LogP contribution in [0, 0.1) is 11.7 Å². The summed E-state index contributed by atoms with van der Waals surface area (Å²) in [6.07, 6.45) is 1.36. The molecule has 1 aromatic heterocycles. The quantitative estimate of drug-likeness (QED) is 0.333. The number of amides is 1. The molecule has 0 unspecified atom stereocenters. The van der Waals surface area contributed by atoms with Crippen molar-refractivity contribution >= 4 is 44.2 Å². The van der Waals surface area contributed by atoms with Gasteiger partial charge in [-0.3, -0.25) is 9.59 Å². The number of aromatic nitrogens is 1. The number of carbonyl (C=O) groups excluding carboxylic acids is 1. The molecule has 9 heteroatoms. The van der Waals surface area contributed by atoms with E-state index < -0.39 is 11.9 Å². The first-order valence-electron chi connectivity index (χ1n) is 12.1. The average Bonchev–Trinajstić information content (AvgIpc) is 3.56. The van der Waals surface area contributed by atoms with Gasteiger partial charge < -0.3 is 20.6 Å². The fraction of sp³-hybridized carbons (Fsp3) is 0.250. The number of nitrogens with zero attached hydrogens (tertiary/aromatic N) is 3. The molecule has 0 radical (unpaired) electrons. The number of carboxylic acid groups (broad SMARTS) is 1. The molecule has 0 saturated carbocycles. The summed E-state index contributed by atoms with van der Waals surface area (Å²) < 4.78 is 14.9. The number of nitrogens with two attached hydrogens (primary N) is 1. The number of primary amides is 1. The second-order valence-electron chi connectivity index (χ2n) is 9.25. The minimum atomic E-state index is -0.744. The molecule has 1 atom stereocenters. The van der Waals surface area contributed by atoms with Gasteiger partial charge in [0.25, 0.3) is 0 Å². The highest BCUT2D eigenvalue weighted by Crippen LogP contribution is 2.32. The molecule has 1 saturated heterocycles. The predicted octanol–water partition coefficient (Wildman–Crippen LogP) is 4.69. The number of thiazole rings is 1. The molecule has 2 heterocycles. The monoisotopic (exact) mass is 518 g/mol. The normalized spacial score (nSPS) is 15.3. The largest absolute Gasteiger partial charge is 0.481 e. The fourth-order valence-electron chi connectivity index (χ4n) is 4.61. The van der Waals surface area contributed by atoms with Gasteiger partial charge in [-0.25, -0.2) is 9.37 Å². The summed E-state index contributed by atoms with van der Waals surface area (Å²) in [5.41, 5.74) is 9.59. The lowest BCUT2D eigenvalue weighted by Crippen LogP contribution is -2.25. The van der Waals surface area contributed by atoms with E-state index in [1.54, 1.807) is 18.2 Å². The molecule has 0 spiro atoms. The second kappa shape index (κ2) is 10.6. The maximum atomic E-state index is 14.4. The molecule has 0 aliphatic carbocycles. The fourth-order valence-corrected chi connectivity index (χ4v) is 5.61. The number of aliphatic carboxylic acids is 1. The highest BCUT2D eigenvalue weighted by Gasteiger charge is 2.28. The number of halogens is 1. The Kier molecular flexibility index (Phi) is 7.05. The Hall–Kier alpha value is -3.98. The molecule has 5 rings (SSSR count). The molecule has 37 heavy (non-hydrogen) atoms. The molecular weight excluding hydrogens is 491 g/mol. The molecule has 3 aromatic carbocycles. The summed E-state index contributed by atoms with van der Waals surface area (Å²) in [4.78, 5) is 31.6. The van der Waals surface area contributed by atoms with Crippen molar-refractivity contribution in [1.29, 1.82) is 0 Å². The summed E-state index contributed by atoms with van der Waals surface area (Å²) in [5.74, 6) is -1.81. The molecule has 1 aliphatic rings. The van der Waals surface area contributed by atoms with Crippen LogP contribution in [0.4, 0.5) is 15.2 Å². The van der Waals surface area contributed by atoms with Gasteiger partial charge in [0.05, 0.1) is 16.1 Å². The minimum Gasteiger partial charge on any atom is -0.481 e. The number of carboxylic acids is 1. The van der Waals surface area contributed by atoms with E-state index in [4.69, 9.17) is 10.7 Å². The lowest BCUT2D eigenvalue weighted by atomic mass is 10.1. The van der Waals surface area contributed by atoms with Gasteiger partial charge in [0.1, 0.15) is 5.82 Å². The Morgan fingerprint density at radius 2 is 1.81 bits per heavy atom. The van der Waals surface area contributed by atoms with Crippen LogP contribution < -0.4 is 15.5 Å². The van der Waals surface area contributed by atoms with Gasteiger partial charge in [0.15, 0.2) is 5.13 Å². The molecule has 190 valence electrons. The Bertz CT molecular complexity index is 1420. The highest BCUT2D eigenvalue weighted by atomic mass is 32.1. The number of anilines is 2. The van der Waals surface area contributed by atoms with Crippen molar-refractivity contribution < 1.29 is 19.1 Å². The minimum absolute atomic E-state index is 0.280. The Labute approximate surface area is 218 Å². The van der Waals surface area contributed by atoms with Crippen molar-refractivity contribution in [3.8, 4) is 0 Å². The standard InChI is InChI=1S/C28H27FN4O3S/c29-23-2-1-3-24-25(23)37-28(31-24)33(14-12-18-4-8-20(9-5-18)26(30)34)16-19-6-10-22(11-7-19)32-15-13-21(17-32)27(35)36/h1-11,21H,12-17H2,(H2,30,34)(H,35,36)/t21-/m0/s1. The van der Waals surface area contributed by atoms with Gasteiger partial charge in [0.2, 0.25) is 5.91 Å². The zero-order valence-corrected chi connectivity index (χ0v) is 21.0. The van der Waals surface area contributed by atoms with Crippen molar-refractivity contribution in [1.82, 2.24) is 4.98 Å². The Morgan fingerprint density at radius 3 is 2.46 bits per heavy atom. The van der Waals surface area contributed by atoms with Gasteiger partial charge in [-0.1, -0.05) is 41.7 Å². The van der Waals surface area contributed by atoms with Crippen LogP contribution in [0.15, 0.2) is 66.7 Å². The van der Waals surface area contributed by atoms with Crippen LogP contribution in [0.25, 0.3) is 10.2 Å². The van der Waals surface area contributed by atoms with Crippen molar-refractivity contribution in [3.63, 3.8) is 0 Å². The maximum absolute atomic E-state index is 14.4. The zero-order chi connectivity index (χ0) is 25.9. The van der Waals surface area contributed by atoms with Crippen LogP contribution in [0.2, 0.25) is 0 Å². The van der Waals surface area contributed by atoms with E-state index in [2.05, 4.69) is 9.80 Å². The third-order valence-corrected chi connectivity index (χ3v) is 7.89. The third-order valence-electron chi connectivity index (χ3n) is 6.75. The Balaban J connectivity index is 1.35. The van der Waals surface area contributed by atoms with Gasteiger partial charge in [-0.05, 0) is 60.4 Å². The van der Waals surface area contributed by atoms with Crippen molar-refractivity contribution in [2.24, 2.45) is 11.7 Å². The Morgan fingerprint density at radius 1 is 1.08 bits per heavy atom. The van der Waals surface area contributed by atoms with Crippen LogP contribution in [0.5, 0.6) is 0 Å². The number of benzene rings is 3. The van der Waals surface area contributed by atoms with E-state index in [1.807, 2.05) is 42.5 Å². The number of hydrogen-bond donors (Lipinski definition) is 2. The van der Waals surface area contributed by atoms with Gasteiger partial charge >= 0.3 is 5.97 Å². The van der Waals surface area contributed by atoms with Gasteiger partial charge in [0, 0.05) is 37.4 Å². The predicted molar refractivity (Wildman–Crippen MR) is 144 cm³/mol. The molecule has 0 bridgehead atoms. The highest BCUT2D eigenvalue weighted by molar-refractivity contribution is 7.22. The smallest absolute Gasteiger partial charge is 0.308 e. The van der Waals surface area contributed by atoms with E-state index in [-0.39, 0.29) is 11.7 Å². The zero-order valence-electron chi connectivity index (χ0n) is 20.1. The molecule has 7 nitrogen and oxygen atoms in total. The van der Waals surface area contributed by atoms with E-state index in [9.17, 15) is 19.1 Å². The lowest BCUT2D eigenvalue weighted by molar-refractivity contribution is -0.140. The van der Waals surface area contributed by atoms with E-state index in [0.717, 1.165) is 28.5 Å². The number of carbonyl (C=O) groups is 2. The first-order valence-corrected chi connectivity index (χ1v) is 12.9. The van der Waals surface area contributed by atoms with Gasteiger partial charge in [-0.15, -0.1) is 0 Å². The first kappa shape index (κ1) is 24.7. The topological polar surface area (TPSA) is 99.8 Å². The van der Waals surface area contributed by atoms with E-state index in [0.29, 0.717) is 48.3 Å². The summed E-state index contributed by atoms with van der Waals surface area (Å²) >= 11 is 1.33. The summed E-state index contributed by atoms with van der Waals surface area (Å²) in [6, 6.07) is 20.3. The van der Waals surface area contributed by atoms with E-state index >= 15 is 0 Å². The molecule has 1 fully saturated rings. The summed E-state index contributed by atoms with van der Waals surface area (Å²) in [6.45, 7) is 2.48. The third kappa shape index (κ3) is 5.56. The van der Waals surface area contributed by atoms with E-state index in [1.165, 1.54) is 17.4 Å². The molecule has 3 N–H and O–H groups in total. The summed E-state index contributed by atoms with van der Waals surface area (Å²) in [7, 11) is 0. The number of rotatable bonds is 9. The van der Waals surface area contributed by atoms with Crippen LogP contribution in [0.3, 0.4) is 0 Å². The molecule has 1 amide bonds. The van der Waals surface area contributed by atoms with Crippen LogP contribution in [-0.2, 0) is 17.8 Å².